The Morgan fingerprint density at radius 2 is 2.03 bits per heavy atom. The Balaban J connectivity index is 2.30. The van der Waals surface area contributed by atoms with E-state index < -0.39 is 20.8 Å². The monoisotopic (exact) mass is 418 g/mol. The smallest absolute Gasteiger partial charge is 0.329 e. The molecular weight excluding hydrogens is 392 g/mol. The summed E-state index contributed by atoms with van der Waals surface area (Å²) in [4.78, 5) is 28.2. The SMILES string of the molecule is C=S(C)(=O)Cn1c(=O)[nH]c2cc(C(C)C)c(-c3ccnn3CCOC)cc2c1=O. The van der Waals surface area contributed by atoms with Gasteiger partial charge < -0.3 is 9.72 Å². The van der Waals surface area contributed by atoms with E-state index in [-0.39, 0.29) is 11.8 Å². The van der Waals surface area contributed by atoms with Crippen LogP contribution in [0.5, 0.6) is 0 Å². The van der Waals surface area contributed by atoms with Crippen LogP contribution in [0.3, 0.4) is 0 Å². The van der Waals surface area contributed by atoms with Crippen molar-refractivity contribution in [2.24, 2.45) is 0 Å². The van der Waals surface area contributed by atoms with Gasteiger partial charge in [-0.05, 0) is 45.1 Å². The summed E-state index contributed by atoms with van der Waals surface area (Å²) >= 11 is 0. The third-order valence-electron chi connectivity index (χ3n) is 4.68. The summed E-state index contributed by atoms with van der Waals surface area (Å²) in [6, 6.07) is 5.51. The maximum Gasteiger partial charge on any atom is 0.329 e. The van der Waals surface area contributed by atoms with Gasteiger partial charge in [-0.3, -0.25) is 13.7 Å². The van der Waals surface area contributed by atoms with Gasteiger partial charge in [0, 0.05) is 25.1 Å². The van der Waals surface area contributed by atoms with Crippen molar-refractivity contribution in [3.05, 3.63) is 50.8 Å². The van der Waals surface area contributed by atoms with Gasteiger partial charge in [0.1, 0.15) is 0 Å². The molecule has 0 aliphatic carbocycles. The highest BCUT2D eigenvalue weighted by atomic mass is 32.2. The number of hydrogen-bond acceptors (Lipinski definition) is 5. The normalized spacial score (nSPS) is 13.8. The second-order valence-corrected chi connectivity index (χ2v) is 10.2. The lowest BCUT2D eigenvalue weighted by atomic mass is 9.93. The van der Waals surface area contributed by atoms with E-state index in [0.717, 1.165) is 21.4 Å². The molecule has 2 heterocycles. The number of H-pyrrole nitrogens is 1. The van der Waals surface area contributed by atoms with Crippen LogP contribution in [-0.2, 0) is 26.7 Å². The van der Waals surface area contributed by atoms with Gasteiger partial charge in [0.15, 0.2) is 0 Å². The molecule has 156 valence electrons. The molecule has 0 radical (unpaired) electrons. The van der Waals surface area contributed by atoms with Crippen molar-refractivity contribution in [1.82, 2.24) is 19.3 Å². The van der Waals surface area contributed by atoms with Crippen molar-refractivity contribution in [2.75, 3.05) is 20.0 Å². The van der Waals surface area contributed by atoms with Crippen molar-refractivity contribution in [1.29, 1.82) is 0 Å². The van der Waals surface area contributed by atoms with E-state index in [4.69, 9.17) is 4.74 Å². The Hall–Kier alpha value is -2.65. The van der Waals surface area contributed by atoms with Gasteiger partial charge in [-0.15, -0.1) is 0 Å². The minimum atomic E-state index is -2.57. The first-order valence-electron chi connectivity index (χ1n) is 9.24. The van der Waals surface area contributed by atoms with E-state index in [1.165, 1.54) is 6.26 Å². The van der Waals surface area contributed by atoms with Gasteiger partial charge >= 0.3 is 5.69 Å². The zero-order valence-corrected chi connectivity index (χ0v) is 17.9. The fourth-order valence-corrected chi connectivity index (χ4v) is 4.11. The number of benzene rings is 1. The molecule has 9 heteroatoms. The molecule has 1 atom stereocenters. The van der Waals surface area contributed by atoms with Crippen LogP contribution in [0.1, 0.15) is 25.3 Å². The minimum absolute atomic E-state index is 0.153. The third kappa shape index (κ3) is 4.35. The van der Waals surface area contributed by atoms with Gasteiger partial charge in [-0.1, -0.05) is 13.8 Å². The molecule has 0 bridgehead atoms. The lowest BCUT2D eigenvalue weighted by Crippen LogP contribution is -2.37. The zero-order valence-electron chi connectivity index (χ0n) is 17.1. The number of aromatic amines is 1. The first-order valence-corrected chi connectivity index (χ1v) is 11.5. The molecule has 0 aliphatic heterocycles. The molecule has 1 unspecified atom stereocenters. The largest absolute Gasteiger partial charge is 0.383 e. The zero-order chi connectivity index (χ0) is 21.3. The number of nitrogens with zero attached hydrogens (tertiary/aromatic N) is 3. The second-order valence-electron chi connectivity index (χ2n) is 7.55. The van der Waals surface area contributed by atoms with Crippen molar-refractivity contribution in [3.63, 3.8) is 0 Å². The predicted molar refractivity (Wildman–Crippen MR) is 117 cm³/mol. The standard InChI is InChI=1S/C20H26N4O4S/c1-13(2)14-11-17-16(19(25)23(20(26)22-17)12-29(4,5)27)10-15(14)18-6-7-21-24(18)8-9-28-3/h6-7,10-11,13H,4,8-9,12H2,1-3,5H3,(H,22,26). The van der Waals surface area contributed by atoms with Crippen molar-refractivity contribution < 1.29 is 8.95 Å². The number of methoxy groups -OCH3 is 1. The minimum Gasteiger partial charge on any atom is -0.383 e. The van der Waals surface area contributed by atoms with Gasteiger partial charge in [-0.25, -0.2) is 9.36 Å². The summed E-state index contributed by atoms with van der Waals surface area (Å²) in [5, 5.41) is 4.72. The van der Waals surface area contributed by atoms with Gasteiger partial charge in [0.25, 0.3) is 5.56 Å². The van der Waals surface area contributed by atoms with E-state index in [1.807, 2.05) is 16.8 Å². The highest BCUT2D eigenvalue weighted by Crippen LogP contribution is 2.31. The summed E-state index contributed by atoms with van der Waals surface area (Å²) in [5.74, 6) is 3.48. The van der Waals surface area contributed by atoms with Crippen LogP contribution < -0.4 is 11.2 Å². The van der Waals surface area contributed by atoms with E-state index in [1.54, 1.807) is 19.4 Å². The molecule has 8 nitrogen and oxygen atoms in total. The van der Waals surface area contributed by atoms with Gasteiger partial charge in [-0.2, -0.15) is 5.10 Å². The summed E-state index contributed by atoms with van der Waals surface area (Å²) in [6.45, 7) is 5.18. The van der Waals surface area contributed by atoms with Crippen molar-refractivity contribution in [2.45, 2.75) is 32.2 Å². The van der Waals surface area contributed by atoms with Crippen LogP contribution in [0, 0.1) is 0 Å². The summed E-state index contributed by atoms with van der Waals surface area (Å²) < 4.78 is 20.0. The first-order chi connectivity index (χ1) is 13.6. The fourth-order valence-electron chi connectivity index (χ4n) is 3.32. The predicted octanol–water partition coefficient (Wildman–Crippen LogP) is 1.63. The molecule has 0 aliphatic rings. The molecule has 0 spiro atoms. The van der Waals surface area contributed by atoms with Gasteiger partial charge in [0.05, 0.1) is 35.6 Å². The van der Waals surface area contributed by atoms with E-state index >= 15 is 0 Å². The molecular formula is C20H26N4O4S. The molecule has 0 saturated carbocycles. The van der Waals surface area contributed by atoms with Crippen LogP contribution in [-0.4, -0.2) is 49.4 Å². The number of ether oxygens (including phenoxy) is 1. The number of nitrogens with one attached hydrogen (secondary N) is 1. The molecule has 1 N–H and O–H groups in total. The van der Waals surface area contributed by atoms with Crippen LogP contribution >= 0.6 is 0 Å². The molecule has 29 heavy (non-hydrogen) atoms. The Bertz CT molecular complexity index is 1270. The maximum atomic E-state index is 13.0. The van der Waals surface area contributed by atoms with Crippen LogP contribution in [0.4, 0.5) is 0 Å². The summed E-state index contributed by atoms with van der Waals surface area (Å²) in [7, 11) is -0.937. The molecule has 2 aromatic heterocycles. The number of hydrogen-bond donors (Lipinski definition) is 1. The van der Waals surface area contributed by atoms with Crippen molar-refractivity contribution >= 4 is 26.3 Å². The quantitative estimate of drug-likeness (QED) is 0.588. The number of fused-ring (bicyclic) bond motifs is 1. The highest BCUT2D eigenvalue weighted by molar-refractivity contribution is 7.98. The van der Waals surface area contributed by atoms with Crippen LogP contribution in [0.25, 0.3) is 22.2 Å². The lowest BCUT2D eigenvalue weighted by molar-refractivity contribution is 0.184. The third-order valence-corrected chi connectivity index (χ3v) is 5.48. The Morgan fingerprint density at radius 1 is 1.31 bits per heavy atom. The lowest BCUT2D eigenvalue weighted by Gasteiger charge is -2.16. The Morgan fingerprint density at radius 3 is 2.66 bits per heavy atom. The van der Waals surface area contributed by atoms with E-state index in [9.17, 15) is 13.8 Å². The molecule has 0 fully saturated rings. The molecule has 0 saturated heterocycles. The molecule has 0 amide bonds. The average molecular weight is 419 g/mol. The van der Waals surface area contributed by atoms with E-state index in [0.29, 0.717) is 24.1 Å². The molecule has 3 aromatic rings. The van der Waals surface area contributed by atoms with Crippen molar-refractivity contribution in [3.8, 4) is 11.3 Å². The number of aromatic nitrogens is 4. The first kappa shape index (κ1) is 21.1. The number of rotatable bonds is 7. The summed E-state index contributed by atoms with van der Waals surface area (Å²) in [5.41, 5.74) is 2.10. The Labute approximate surface area is 169 Å². The van der Waals surface area contributed by atoms with Gasteiger partial charge in [0.2, 0.25) is 0 Å². The molecule has 1 aromatic carbocycles. The second kappa shape index (κ2) is 8.00. The highest BCUT2D eigenvalue weighted by Gasteiger charge is 2.18. The topological polar surface area (TPSA) is 99.0 Å². The average Bonchev–Trinajstić information content (AvgIpc) is 3.10. The summed E-state index contributed by atoms with van der Waals surface area (Å²) in [6.07, 6.45) is 3.13. The van der Waals surface area contributed by atoms with E-state index in [2.05, 4.69) is 29.8 Å². The Kier molecular flexibility index (Phi) is 5.81. The van der Waals surface area contributed by atoms with Crippen LogP contribution in [0.15, 0.2) is 34.0 Å². The fraction of sp³-hybridized carbons (Fsp3) is 0.400. The maximum absolute atomic E-state index is 13.0. The molecule has 3 rings (SSSR count). The van der Waals surface area contributed by atoms with Crippen LogP contribution in [0.2, 0.25) is 0 Å².